The zero-order chi connectivity index (χ0) is 19.8. The van der Waals surface area contributed by atoms with E-state index >= 15 is 0 Å². The van der Waals surface area contributed by atoms with Crippen LogP contribution in [0.2, 0.25) is 0 Å². The standard InChI is InChI=1S/C21H21N3O3/c1-15-10-19(16(2)24(15)8-9-26-3)11-20(13-23)21(25)27-14-18-7-5-4-6-17(18)12-22/h4-7,10-11H,8-9,14H2,1-3H3/b20-11+. The van der Waals surface area contributed by atoms with Crippen LogP contribution in [-0.4, -0.2) is 24.3 Å². The van der Waals surface area contributed by atoms with Gasteiger partial charge in [0.15, 0.2) is 0 Å². The molecule has 2 aromatic rings. The van der Waals surface area contributed by atoms with Crippen LogP contribution in [0.15, 0.2) is 35.9 Å². The van der Waals surface area contributed by atoms with Crippen LogP contribution >= 0.6 is 0 Å². The molecule has 6 heteroatoms. The number of rotatable bonds is 7. The summed E-state index contributed by atoms with van der Waals surface area (Å²) >= 11 is 0. The fourth-order valence-corrected chi connectivity index (χ4v) is 2.77. The van der Waals surface area contributed by atoms with Crippen molar-refractivity contribution >= 4 is 12.0 Å². The van der Waals surface area contributed by atoms with Crippen molar-refractivity contribution in [3.8, 4) is 12.1 Å². The molecule has 0 saturated carbocycles. The molecule has 0 amide bonds. The molecule has 1 aromatic carbocycles. The van der Waals surface area contributed by atoms with Gasteiger partial charge >= 0.3 is 5.97 Å². The first kappa shape index (κ1) is 20.0. The van der Waals surface area contributed by atoms with Crippen LogP contribution in [0.25, 0.3) is 6.08 Å². The summed E-state index contributed by atoms with van der Waals surface area (Å²) in [5.74, 6) is -0.716. The lowest BCUT2D eigenvalue weighted by Crippen LogP contribution is -2.08. The van der Waals surface area contributed by atoms with Crippen LogP contribution in [0, 0.1) is 36.5 Å². The van der Waals surface area contributed by atoms with E-state index in [1.54, 1.807) is 31.4 Å². The molecule has 27 heavy (non-hydrogen) atoms. The summed E-state index contributed by atoms with van der Waals surface area (Å²) < 4.78 is 12.4. The van der Waals surface area contributed by atoms with Crippen LogP contribution in [0.5, 0.6) is 0 Å². The Hall–Kier alpha value is -3.35. The summed E-state index contributed by atoms with van der Waals surface area (Å²) in [6, 6.07) is 12.7. The van der Waals surface area contributed by atoms with Gasteiger partial charge in [-0.1, -0.05) is 18.2 Å². The molecule has 0 saturated heterocycles. The topological polar surface area (TPSA) is 88.0 Å². The van der Waals surface area contributed by atoms with Crippen molar-refractivity contribution in [2.75, 3.05) is 13.7 Å². The first-order valence-corrected chi connectivity index (χ1v) is 8.44. The van der Waals surface area contributed by atoms with Gasteiger partial charge in [0, 0.05) is 30.6 Å². The first-order valence-electron chi connectivity index (χ1n) is 8.44. The minimum absolute atomic E-state index is 0.0611. The summed E-state index contributed by atoms with van der Waals surface area (Å²) in [5, 5.41) is 18.5. The maximum atomic E-state index is 12.3. The van der Waals surface area contributed by atoms with E-state index in [1.165, 1.54) is 6.08 Å². The predicted molar refractivity (Wildman–Crippen MR) is 100 cm³/mol. The Morgan fingerprint density at radius 3 is 2.67 bits per heavy atom. The summed E-state index contributed by atoms with van der Waals surface area (Å²) in [4.78, 5) is 12.3. The fraction of sp³-hybridized carbons (Fsp3) is 0.286. The van der Waals surface area contributed by atoms with Crippen molar-refractivity contribution in [2.45, 2.75) is 27.0 Å². The number of aromatic nitrogens is 1. The number of benzene rings is 1. The number of aryl methyl sites for hydroxylation is 1. The second kappa shape index (κ2) is 9.38. The van der Waals surface area contributed by atoms with Crippen LogP contribution in [0.3, 0.4) is 0 Å². The molecule has 0 aliphatic rings. The van der Waals surface area contributed by atoms with Crippen molar-refractivity contribution in [2.24, 2.45) is 0 Å². The van der Waals surface area contributed by atoms with Crippen LogP contribution < -0.4 is 0 Å². The number of ether oxygens (including phenoxy) is 2. The molecule has 0 bridgehead atoms. The molecule has 0 atom stereocenters. The lowest BCUT2D eigenvalue weighted by Gasteiger charge is -2.08. The summed E-state index contributed by atoms with van der Waals surface area (Å²) in [6.07, 6.45) is 1.53. The van der Waals surface area contributed by atoms with Gasteiger partial charge in [0.05, 0.1) is 18.2 Å². The molecule has 0 fully saturated rings. The van der Waals surface area contributed by atoms with Crippen molar-refractivity contribution in [3.05, 3.63) is 64.0 Å². The number of carbonyl (C=O) groups excluding carboxylic acids is 1. The SMILES string of the molecule is COCCn1c(C)cc(/C=C(\C#N)C(=O)OCc2ccccc2C#N)c1C. The molecule has 0 unspecified atom stereocenters. The Morgan fingerprint density at radius 1 is 1.26 bits per heavy atom. The molecular weight excluding hydrogens is 342 g/mol. The number of hydrogen-bond acceptors (Lipinski definition) is 5. The average Bonchev–Trinajstić information content (AvgIpc) is 2.95. The number of methoxy groups -OCH3 is 1. The second-order valence-corrected chi connectivity index (χ2v) is 5.99. The van der Waals surface area contributed by atoms with Crippen LogP contribution in [-0.2, 0) is 27.4 Å². The molecule has 2 rings (SSSR count). The highest BCUT2D eigenvalue weighted by Gasteiger charge is 2.15. The Balaban J connectivity index is 2.18. The van der Waals surface area contributed by atoms with E-state index in [0.29, 0.717) is 24.3 Å². The lowest BCUT2D eigenvalue weighted by atomic mass is 10.1. The zero-order valence-electron chi connectivity index (χ0n) is 15.7. The van der Waals surface area contributed by atoms with Gasteiger partial charge in [0.1, 0.15) is 18.2 Å². The van der Waals surface area contributed by atoms with Gasteiger partial charge < -0.3 is 14.0 Å². The van der Waals surface area contributed by atoms with Crippen molar-refractivity contribution in [1.82, 2.24) is 4.57 Å². The minimum atomic E-state index is -0.716. The van der Waals surface area contributed by atoms with Gasteiger partial charge in [-0.3, -0.25) is 0 Å². The maximum Gasteiger partial charge on any atom is 0.349 e. The molecule has 0 aliphatic heterocycles. The molecule has 6 nitrogen and oxygen atoms in total. The number of hydrogen-bond donors (Lipinski definition) is 0. The van der Waals surface area contributed by atoms with Gasteiger partial charge in [-0.05, 0) is 37.6 Å². The highest BCUT2D eigenvalue weighted by Crippen LogP contribution is 2.19. The molecule has 0 aliphatic carbocycles. The van der Waals surface area contributed by atoms with Crippen molar-refractivity contribution < 1.29 is 14.3 Å². The monoisotopic (exact) mass is 363 g/mol. The molecule has 0 N–H and O–H groups in total. The van der Waals surface area contributed by atoms with E-state index < -0.39 is 5.97 Å². The number of esters is 1. The third-order valence-electron chi connectivity index (χ3n) is 4.27. The van der Waals surface area contributed by atoms with Gasteiger partial charge in [-0.25, -0.2) is 4.79 Å². The molecule has 1 aromatic heterocycles. The van der Waals surface area contributed by atoms with Crippen LogP contribution in [0.4, 0.5) is 0 Å². The van der Waals surface area contributed by atoms with Crippen molar-refractivity contribution in [3.63, 3.8) is 0 Å². The van der Waals surface area contributed by atoms with E-state index in [9.17, 15) is 10.1 Å². The van der Waals surface area contributed by atoms with Gasteiger partial charge in [0.25, 0.3) is 0 Å². The quantitative estimate of drug-likeness (QED) is 0.428. The lowest BCUT2D eigenvalue weighted by molar-refractivity contribution is -0.139. The maximum absolute atomic E-state index is 12.3. The van der Waals surface area contributed by atoms with Crippen molar-refractivity contribution in [1.29, 1.82) is 10.5 Å². The van der Waals surface area contributed by atoms with E-state index in [4.69, 9.17) is 14.7 Å². The molecular formula is C21H21N3O3. The number of nitriles is 2. The second-order valence-electron chi connectivity index (χ2n) is 5.99. The first-order chi connectivity index (χ1) is 13.0. The van der Waals surface area contributed by atoms with Gasteiger partial charge in [-0.2, -0.15) is 10.5 Å². The number of nitrogens with zero attached hydrogens (tertiary/aromatic N) is 3. The van der Waals surface area contributed by atoms with E-state index in [1.807, 2.05) is 26.0 Å². The zero-order valence-corrected chi connectivity index (χ0v) is 15.7. The third-order valence-corrected chi connectivity index (χ3v) is 4.27. The average molecular weight is 363 g/mol. The predicted octanol–water partition coefficient (Wildman–Crippen LogP) is 3.27. The van der Waals surface area contributed by atoms with Gasteiger partial charge in [-0.15, -0.1) is 0 Å². The normalized spacial score (nSPS) is 10.9. The Labute approximate surface area is 158 Å². The summed E-state index contributed by atoms with van der Waals surface area (Å²) in [7, 11) is 1.64. The summed E-state index contributed by atoms with van der Waals surface area (Å²) in [5.41, 5.74) is 3.70. The molecule has 0 spiro atoms. The van der Waals surface area contributed by atoms with E-state index in [0.717, 1.165) is 17.0 Å². The Bertz CT molecular complexity index is 943. The highest BCUT2D eigenvalue weighted by molar-refractivity contribution is 5.98. The largest absolute Gasteiger partial charge is 0.457 e. The smallest absolute Gasteiger partial charge is 0.349 e. The Morgan fingerprint density at radius 2 is 2.00 bits per heavy atom. The fourth-order valence-electron chi connectivity index (χ4n) is 2.77. The molecule has 0 radical (unpaired) electrons. The Kier molecular flexibility index (Phi) is 6.93. The van der Waals surface area contributed by atoms with Gasteiger partial charge in [0.2, 0.25) is 0 Å². The van der Waals surface area contributed by atoms with Crippen LogP contribution in [0.1, 0.15) is 28.1 Å². The molecule has 138 valence electrons. The molecule has 1 heterocycles. The number of carbonyl (C=O) groups is 1. The van der Waals surface area contributed by atoms with E-state index in [2.05, 4.69) is 10.6 Å². The highest BCUT2D eigenvalue weighted by atomic mass is 16.5. The summed E-state index contributed by atoms with van der Waals surface area (Å²) in [6.45, 7) is 5.10. The third kappa shape index (κ3) is 4.84. The minimum Gasteiger partial charge on any atom is -0.457 e. The van der Waals surface area contributed by atoms with E-state index in [-0.39, 0.29) is 12.2 Å².